The second-order valence-corrected chi connectivity index (χ2v) is 11.9. The van der Waals surface area contributed by atoms with Crippen LogP contribution in [-0.4, -0.2) is 6.29 Å². The summed E-state index contributed by atoms with van der Waals surface area (Å²) in [4.78, 5) is 12.3. The monoisotopic (exact) mass is 384 g/mol. The number of rotatable bonds is 6. The molecule has 0 aromatic rings. The zero-order valence-electron chi connectivity index (χ0n) is 19.2. The second-order valence-electron chi connectivity index (χ2n) is 11.9. The van der Waals surface area contributed by atoms with Gasteiger partial charge in [0.2, 0.25) is 0 Å². The average Bonchev–Trinajstić information content (AvgIpc) is 3.12. The molecule has 0 N–H and O–H groups in total. The van der Waals surface area contributed by atoms with Crippen LogP contribution in [-0.2, 0) is 4.79 Å². The van der Waals surface area contributed by atoms with Crippen molar-refractivity contribution in [2.75, 3.05) is 0 Å². The van der Waals surface area contributed by atoms with Crippen LogP contribution in [0.3, 0.4) is 0 Å². The van der Waals surface area contributed by atoms with E-state index in [4.69, 9.17) is 0 Å². The molecule has 3 saturated carbocycles. The van der Waals surface area contributed by atoms with Crippen molar-refractivity contribution in [2.24, 2.45) is 46.3 Å². The molecule has 0 aliphatic heterocycles. The molecule has 1 nitrogen and oxygen atoms in total. The van der Waals surface area contributed by atoms with Crippen LogP contribution in [0.25, 0.3) is 0 Å². The Morgan fingerprint density at radius 1 is 1.00 bits per heavy atom. The number of aldehydes is 1. The van der Waals surface area contributed by atoms with Crippen LogP contribution in [0.2, 0.25) is 0 Å². The first kappa shape index (κ1) is 20.7. The summed E-state index contributed by atoms with van der Waals surface area (Å²) in [5.41, 5.74) is 3.70. The van der Waals surface area contributed by atoms with Crippen LogP contribution in [0.1, 0.15) is 105 Å². The number of carbonyl (C=O) groups excluding carboxylic acids is 1. The molecule has 4 rings (SSSR count). The summed E-state index contributed by atoms with van der Waals surface area (Å²) in [6, 6.07) is 0. The standard InChI is InChI=1S/C27H44O/c1-18(2)9-8-10-19(3)21-12-13-23-25-20(17-28)22-11-6-7-15-26(22,4)24(25)14-16-27(21,23)5/h17-19,21,23-25H,6-16H2,1-5H3/t19-,21-,23?,24?,25?,26+,27-/m1/s1. The van der Waals surface area contributed by atoms with Gasteiger partial charge in [-0.15, -0.1) is 0 Å². The molecule has 1 heteroatoms. The molecular formula is C27H44O. The summed E-state index contributed by atoms with van der Waals surface area (Å²) in [5, 5.41) is 0. The number of fused-ring (bicyclic) bond motifs is 5. The molecule has 7 atom stereocenters. The second kappa shape index (κ2) is 7.59. The molecule has 0 aromatic carbocycles. The van der Waals surface area contributed by atoms with Crippen LogP contribution < -0.4 is 0 Å². The molecule has 0 saturated heterocycles. The molecular weight excluding hydrogens is 340 g/mol. The van der Waals surface area contributed by atoms with Gasteiger partial charge < -0.3 is 0 Å². The zero-order chi connectivity index (χ0) is 20.1. The first-order chi connectivity index (χ1) is 13.3. The Hall–Kier alpha value is -0.590. The van der Waals surface area contributed by atoms with Gasteiger partial charge in [-0.25, -0.2) is 0 Å². The maximum absolute atomic E-state index is 12.3. The highest BCUT2D eigenvalue weighted by atomic mass is 16.1. The lowest BCUT2D eigenvalue weighted by Gasteiger charge is -2.52. The molecule has 3 unspecified atom stereocenters. The number of hydrogen-bond acceptors (Lipinski definition) is 1. The molecule has 4 aliphatic carbocycles. The Morgan fingerprint density at radius 3 is 2.50 bits per heavy atom. The van der Waals surface area contributed by atoms with Gasteiger partial charge in [-0.05, 0) is 96.9 Å². The average molecular weight is 385 g/mol. The molecule has 28 heavy (non-hydrogen) atoms. The van der Waals surface area contributed by atoms with Crippen LogP contribution in [0.5, 0.6) is 0 Å². The van der Waals surface area contributed by atoms with Crippen LogP contribution in [0.4, 0.5) is 0 Å². The maximum atomic E-state index is 12.3. The van der Waals surface area contributed by atoms with Crippen molar-refractivity contribution in [2.45, 2.75) is 105 Å². The largest absolute Gasteiger partial charge is 0.298 e. The van der Waals surface area contributed by atoms with E-state index in [0.29, 0.717) is 16.7 Å². The third-order valence-corrected chi connectivity index (χ3v) is 10.2. The van der Waals surface area contributed by atoms with Gasteiger partial charge in [0.05, 0.1) is 0 Å². The van der Waals surface area contributed by atoms with Gasteiger partial charge in [0.1, 0.15) is 6.29 Å². The van der Waals surface area contributed by atoms with E-state index in [1.54, 1.807) is 5.57 Å². The Morgan fingerprint density at radius 2 is 1.79 bits per heavy atom. The van der Waals surface area contributed by atoms with E-state index in [0.717, 1.165) is 29.6 Å². The normalized spacial score (nSPS) is 43.6. The predicted octanol–water partition coefficient (Wildman–Crippen LogP) is 7.60. The van der Waals surface area contributed by atoms with Crippen molar-refractivity contribution in [1.82, 2.24) is 0 Å². The fourth-order valence-corrected chi connectivity index (χ4v) is 8.78. The minimum atomic E-state index is 0.349. The van der Waals surface area contributed by atoms with E-state index in [2.05, 4.69) is 34.6 Å². The van der Waals surface area contributed by atoms with E-state index < -0.39 is 0 Å². The molecule has 0 spiro atoms. The first-order valence-electron chi connectivity index (χ1n) is 12.5. The van der Waals surface area contributed by atoms with E-state index >= 15 is 0 Å². The van der Waals surface area contributed by atoms with Crippen molar-refractivity contribution in [3.63, 3.8) is 0 Å². The SMILES string of the molecule is CC(C)CCC[C@@H](C)[C@H]1CCC2C3C(C=O)=C4CCCC[C@]4(C)C3CC[C@@]21C. The van der Waals surface area contributed by atoms with Gasteiger partial charge in [0, 0.05) is 0 Å². The molecule has 158 valence electrons. The molecule has 4 aliphatic rings. The number of hydrogen-bond donors (Lipinski definition) is 0. The lowest BCUT2D eigenvalue weighted by molar-refractivity contribution is -0.106. The Labute approximate surface area is 174 Å². The summed E-state index contributed by atoms with van der Waals surface area (Å²) < 4.78 is 0. The van der Waals surface area contributed by atoms with Crippen molar-refractivity contribution in [1.29, 1.82) is 0 Å². The van der Waals surface area contributed by atoms with Crippen molar-refractivity contribution in [3.05, 3.63) is 11.1 Å². The van der Waals surface area contributed by atoms with Crippen molar-refractivity contribution in [3.8, 4) is 0 Å². The Balaban J connectivity index is 1.57. The summed E-state index contributed by atoms with van der Waals surface area (Å²) >= 11 is 0. The van der Waals surface area contributed by atoms with E-state index in [9.17, 15) is 4.79 Å². The molecule has 0 bridgehead atoms. The van der Waals surface area contributed by atoms with Gasteiger partial charge in [0.25, 0.3) is 0 Å². The molecule has 0 radical (unpaired) electrons. The van der Waals surface area contributed by atoms with Gasteiger partial charge in [0.15, 0.2) is 0 Å². The third-order valence-electron chi connectivity index (χ3n) is 10.2. The van der Waals surface area contributed by atoms with E-state index in [-0.39, 0.29) is 0 Å². The molecule has 0 heterocycles. The fourth-order valence-electron chi connectivity index (χ4n) is 8.78. The number of allylic oxidation sites excluding steroid dienone is 2. The third kappa shape index (κ3) is 3.05. The maximum Gasteiger partial charge on any atom is 0.146 e. The quantitative estimate of drug-likeness (QED) is 0.431. The highest BCUT2D eigenvalue weighted by molar-refractivity contribution is 5.78. The minimum absolute atomic E-state index is 0.349. The van der Waals surface area contributed by atoms with E-state index in [1.807, 2.05) is 0 Å². The van der Waals surface area contributed by atoms with Crippen LogP contribution >= 0.6 is 0 Å². The highest BCUT2D eigenvalue weighted by Gasteiger charge is 2.62. The highest BCUT2D eigenvalue weighted by Crippen LogP contribution is 2.70. The van der Waals surface area contributed by atoms with Crippen LogP contribution in [0, 0.1) is 46.3 Å². The molecule has 3 fully saturated rings. The molecule has 0 amide bonds. The van der Waals surface area contributed by atoms with Crippen LogP contribution in [0.15, 0.2) is 11.1 Å². The van der Waals surface area contributed by atoms with Gasteiger partial charge in [-0.1, -0.05) is 65.9 Å². The Kier molecular flexibility index (Phi) is 5.60. The topological polar surface area (TPSA) is 17.1 Å². The van der Waals surface area contributed by atoms with Gasteiger partial charge in [-0.2, -0.15) is 0 Å². The van der Waals surface area contributed by atoms with Crippen molar-refractivity contribution >= 4 is 6.29 Å². The van der Waals surface area contributed by atoms with Gasteiger partial charge >= 0.3 is 0 Å². The Bertz CT molecular complexity index is 630. The van der Waals surface area contributed by atoms with Gasteiger partial charge in [-0.3, -0.25) is 4.79 Å². The summed E-state index contributed by atoms with van der Waals surface area (Å²) in [5.74, 6) is 4.66. The summed E-state index contributed by atoms with van der Waals surface area (Å²) in [6.07, 6.45) is 16.3. The zero-order valence-corrected chi connectivity index (χ0v) is 19.2. The minimum Gasteiger partial charge on any atom is -0.298 e. The first-order valence-corrected chi connectivity index (χ1v) is 12.5. The summed E-state index contributed by atoms with van der Waals surface area (Å²) in [6.45, 7) is 12.4. The predicted molar refractivity (Wildman–Crippen MR) is 118 cm³/mol. The lowest BCUT2D eigenvalue weighted by Crippen LogP contribution is -2.45. The lowest BCUT2D eigenvalue weighted by atomic mass is 9.52. The molecule has 0 aromatic heterocycles. The van der Waals surface area contributed by atoms with Crippen molar-refractivity contribution < 1.29 is 4.79 Å². The smallest absolute Gasteiger partial charge is 0.146 e. The fraction of sp³-hybridized carbons (Fsp3) is 0.889. The van der Waals surface area contributed by atoms with E-state index in [1.165, 1.54) is 82.5 Å². The number of carbonyl (C=O) groups is 1. The summed E-state index contributed by atoms with van der Waals surface area (Å²) in [7, 11) is 0.